The third kappa shape index (κ3) is 1.51. The van der Waals surface area contributed by atoms with E-state index in [1.54, 1.807) is 18.2 Å². The molecule has 0 bridgehead atoms. The number of amides is 2. The van der Waals surface area contributed by atoms with Crippen molar-refractivity contribution in [2.45, 2.75) is 0 Å². The first kappa shape index (κ1) is 9.16. The topological polar surface area (TPSA) is 61.2 Å². The number of rotatable bonds is 1. The van der Waals surface area contributed by atoms with E-state index in [4.69, 9.17) is 5.26 Å². The van der Waals surface area contributed by atoms with Crippen LogP contribution < -0.4 is 4.90 Å². The number of benzene rings is 1. The van der Waals surface area contributed by atoms with Crippen LogP contribution in [0.25, 0.3) is 0 Å². The van der Waals surface area contributed by atoms with Crippen LogP contribution in [0.1, 0.15) is 5.56 Å². The minimum absolute atomic E-state index is 0.380. The Kier molecular flexibility index (Phi) is 2.07. The largest absolute Gasteiger partial charge is 0.269 e. The fourth-order valence-corrected chi connectivity index (χ4v) is 1.37. The lowest BCUT2D eigenvalue weighted by Crippen LogP contribution is -2.29. The Morgan fingerprint density at radius 2 is 1.80 bits per heavy atom. The zero-order valence-electron chi connectivity index (χ0n) is 7.68. The number of imide groups is 1. The van der Waals surface area contributed by atoms with Gasteiger partial charge >= 0.3 is 0 Å². The maximum atomic E-state index is 11.3. The summed E-state index contributed by atoms with van der Waals surface area (Å²) in [6.45, 7) is 0. The summed E-state index contributed by atoms with van der Waals surface area (Å²) in [4.78, 5) is 23.7. The lowest BCUT2D eigenvalue weighted by Gasteiger charge is -2.13. The van der Waals surface area contributed by atoms with Crippen molar-refractivity contribution >= 4 is 17.5 Å². The van der Waals surface area contributed by atoms with Gasteiger partial charge in [0, 0.05) is 12.2 Å². The Morgan fingerprint density at radius 1 is 1.13 bits per heavy atom. The van der Waals surface area contributed by atoms with Crippen LogP contribution in [0.2, 0.25) is 0 Å². The van der Waals surface area contributed by atoms with Crippen molar-refractivity contribution in [3.63, 3.8) is 0 Å². The minimum atomic E-state index is -0.380. The molecule has 1 aromatic carbocycles. The lowest BCUT2D eigenvalue weighted by molar-refractivity contribution is -0.119. The summed E-state index contributed by atoms with van der Waals surface area (Å²) >= 11 is 0. The van der Waals surface area contributed by atoms with E-state index in [9.17, 15) is 9.59 Å². The summed E-state index contributed by atoms with van der Waals surface area (Å²) in [5.74, 6) is -0.759. The Labute approximate surface area is 86.0 Å². The predicted octanol–water partition coefficient (Wildman–Crippen LogP) is 0.988. The van der Waals surface area contributed by atoms with Crippen LogP contribution in [0.15, 0.2) is 36.4 Å². The zero-order chi connectivity index (χ0) is 10.8. The Balaban J connectivity index is 2.43. The summed E-state index contributed by atoms with van der Waals surface area (Å²) in [7, 11) is 0. The molecule has 0 radical (unpaired) electrons. The van der Waals surface area contributed by atoms with Crippen molar-refractivity contribution in [2.75, 3.05) is 4.90 Å². The molecular weight excluding hydrogens is 192 g/mol. The van der Waals surface area contributed by atoms with E-state index in [-0.39, 0.29) is 11.8 Å². The van der Waals surface area contributed by atoms with Crippen molar-refractivity contribution in [3.05, 3.63) is 42.0 Å². The first-order valence-corrected chi connectivity index (χ1v) is 4.28. The van der Waals surface area contributed by atoms with Gasteiger partial charge in [0.1, 0.15) is 0 Å². The molecule has 0 atom stereocenters. The van der Waals surface area contributed by atoms with Crippen LogP contribution in [-0.2, 0) is 9.59 Å². The molecule has 0 fully saturated rings. The second-order valence-electron chi connectivity index (χ2n) is 3.01. The van der Waals surface area contributed by atoms with E-state index >= 15 is 0 Å². The fraction of sp³-hybridized carbons (Fsp3) is 0. The fourth-order valence-electron chi connectivity index (χ4n) is 1.37. The van der Waals surface area contributed by atoms with E-state index in [0.29, 0.717) is 11.3 Å². The molecule has 1 aliphatic rings. The smallest absolute Gasteiger partial charge is 0.258 e. The molecule has 1 aromatic rings. The van der Waals surface area contributed by atoms with E-state index in [0.717, 1.165) is 4.90 Å². The first-order valence-electron chi connectivity index (χ1n) is 4.28. The lowest BCUT2D eigenvalue weighted by atomic mass is 10.2. The SMILES string of the molecule is N#Cc1cccc(N2C(=O)C=CC2=O)c1. The molecule has 0 aromatic heterocycles. The first-order chi connectivity index (χ1) is 7.22. The normalized spacial score (nSPS) is 14.5. The van der Waals surface area contributed by atoms with Gasteiger partial charge in [0.2, 0.25) is 0 Å². The highest BCUT2D eigenvalue weighted by atomic mass is 16.2. The summed E-state index contributed by atoms with van der Waals surface area (Å²) in [5, 5.41) is 8.68. The molecule has 0 unspecified atom stereocenters. The van der Waals surface area contributed by atoms with Gasteiger partial charge in [-0.25, -0.2) is 4.90 Å². The monoisotopic (exact) mass is 198 g/mol. The van der Waals surface area contributed by atoms with Gasteiger partial charge in [-0.2, -0.15) is 5.26 Å². The minimum Gasteiger partial charge on any atom is -0.269 e. The number of carbonyl (C=O) groups is 2. The van der Waals surface area contributed by atoms with Crippen molar-refractivity contribution < 1.29 is 9.59 Å². The van der Waals surface area contributed by atoms with Gasteiger partial charge in [-0.1, -0.05) is 6.07 Å². The van der Waals surface area contributed by atoms with E-state index in [2.05, 4.69) is 0 Å². The van der Waals surface area contributed by atoms with E-state index in [1.807, 2.05) is 6.07 Å². The molecule has 1 heterocycles. The van der Waals surface area contributed by atoms with Crippen LogP contribution in [-0.4, -0.2) is 11.8 Å². The second kappa shape index (κ2) is 3.39. The number of carbonyl (C=O) groups excluding carboxylic acids is 2. The number of nitrogens with zero attached hydrogens (tertiary/aromatic N) is 2. The molecule has 4 heteroatoms. The van der Waals surface area contributed by atoms with Crippen molar-refractivity contribution in [1.82, 2.24) is 0 Å². The molecule has 2 amide bonds. The molecule has 0 spiro atoms. The van der Waals surface area contributed by atoms with Gasteiger partial charge in [-0.3, -0.25) is 9.59 Å². The van der Waals surface area contributed by atoms with Gasteiger partial charge in [-0.05, 0) is 18.2 Å². The zero-order valence-corrected chi connectivity index (χ0v) is 7.68. The number of hydrogen-bond donors (Lipinski definition) is 0. The quantitative estimate of drug-likeness (QED) is 0.632. The Bertz CT molecular complexity index is 494. The molecule has 0 saturated heterocycles. The average molecular weight is 198 g/mol. The van der Waals surface area contributed by atoms with Crippen LogP contribution in [0.4, 0.5) is 5.69 Å². The predicted molar refractivity (Wildman–Crippen MR) is 52.8 cm³/mol. The van der Waals surface area contributed by atoms with Gasteiger partial charge in [0.05, 0.1) is 17.3 Å². The van der Waals surface area contributed by atoms with Crippen LogP contribution in [0, 0.1) is 11.3 Å². The van der Waals surface area contributed by atoms with Gasteiger partial charge < -0.3 is 0 Å². The molecule has 0 saturated carbocycles. The van der Waals surface area contributed by atoms with Crippen molar-refractivity contribution in [2.24, 2.45) is 0 Å². The third-order valence-corrected chi connectivity index (χ3v) is 2.04. The maximum absolute atomic E-state index is 11.3. The van der Waals surface area contributed by atoms with Gasteiger partial charge in [0.15, 0.2) is 0 Å². The molecule has 2 rings (SSSR count). The van der Waals surface area contributed by atoms with E-state index < -0.39 is 0 Å². The van der Waals surface area contributed by atoms with Gasteiger partial charge in [0.25, 0.3) is 11.8 Å². The molecule has 1 aliphatic heterocycles. The summed E-state index contributed by atoms with van der Waals surface area (Å²) in [6, 6.07) is 8.31. The van der Waals surface area contributed by atoms with Crippen LogP contribution in [0.3, 0.4) is 0 Å². The molecule has 15 heavy (non-hydrogen) atoms. The molecule has 72 valence electrons. The summed E-state index contributed by atoms with van der Waals surface area (Å²) in [5.41, 5.74) is 0.842. The van der Waals surface area contributed by atoms with Crippen LogP contribution in [0.5, 0.6) is 0 Å². The summed E-state index contributed by atoms with van der Waals surface area (Å²) < 4.78 is 0. The number of hydrogen-bond acceptors (Lipinski definition) is 3. The average Bonchev–Trinajstić information content (AvgIpc) is 2.59. The third-order valence-electron chi connectivity index (χ3n) is 2.04. The Morgan fingerprint density at radius 3 is 2.40 bits per heavy atom. The molecule has 0 N–H and O–H groups in total. The molecule has 4 nitrogen and oxygen atoms in total. The highest BCUT2D eigenvalue weighted by Crippen LogP contribution is 2.19. The van der Waals surface area contributed by atoms with Gasteiger partial charge in [-0.15, -0.1) is 0 Å². The maximum Gasteiger partial charge on any atom is 0.258 e. The number of anilines is 1. The van der Waals surface area contributed by atoms with Crippen molar-refractivity contribution in [3.8, 4) is 6.07 Å². The highest BCUT2D eigenvalue weighted by molar-refractivity contribution is 6.28. The van der Waals surface area contributed by atoms with Crippen LogP contribution >= 0.6 is 0 Å². The van der Waals surface area contributed by atoms with Crippen molar-refractivity contribution in [1.29, 1.82) is 5.26 Å². The molecule has 0 aliphatic carbocycles. The van der Waals surface area contributed by atoms with E-state index in [1.165, 1.54) is 18.2 Å². The number of nitriles is 1. The second-order valence-corrected chi connectivity index (χ2v) is 3.01. The standard InChI is InChI=1S/C11H6N2O2/c12-7-8-2-1-3-9(6-8)13-10(14)4-5-11(13)15/h1-6H. The molecular formula is C11H6N2O2. The highest BCUT2D eigenvalue weighted by Gasteiger charge is 2.24. The Hall–Kier alpha value is -2.41. The summed E-state index contributed by atoms with van der Waals surface area (Å²) in [6.07, 6.45) is 2.42.